The Bertz CT molecular complexity index is 336. The molecule has 0 heterocycles. The Balaban J connectivity index is 2.57. The van der Waals surface area contributed by atoms with Gasteiger partial charge in [0.25, 0.3) is 0 Å². The van der Waals surface area contributed by atoms with Crippen molar-refractivity contribution in [2.75, 3.05) is 17.6 Å². The number of benzene rings is 1. The molecule has 0 saturated carbocycles. The van der Waals surface area contributed by atoms with E-state index in [2.05, 4.69) is 5.32 Å². The number of nitrogen functional groups attached to an aromatic ring is 1. The maximum atomic E-state index is 10.5. The minimum atomic E-state index is -0.316. The van der Waals surface area contributed by atoms with Crippen LogP contribution in [0.5, 0.6) is 0 Å². The van der Waals surface area contributed by atoms with Crippen LogP contribution in [0.1, 0.15) is 12.0 Å². The Morgan fingerprint density at radius 3 is 2.86 bits per heavy atom. The molecule has 0 unspecified atom stereocenters. The van der Waals surface area contributed by atoms with E-state index in [0.29, 0.717) is 18.7 Å². The molecule has 4 heteroatoms. The minimum Gasteiger partial charge on any atom is -0.397 e. The van der Waals surface area contributed by atoms with Gasteiger partial charge in [-0.05, 0) is 24.6 Å². The fourth-order valence-electron chi connectivity index (χ4n) is 1.14. The van der Waals surface area contributed by atoms with Crippen LogP contribution >= 0.6 is 0 Å². The predicted octanol–water partition coefficient (Wildman–Crippen LogP) is 0.865. The van der Waals surface area contributed by atoms with Gasteiger partial charge in [0, 0.05) is 13.0 Å². The summed E-state index contributed by atoms with van der Waals surface area (Å²) in [5.74, 6) is -0.316. The summed E-state index contributed by atoms with van der Waals surface area (Å²) in [6.45, 7) is 2.50. The summed E-state index contributed by atoms with van der Waals surface area (Å²) >= 11 is 0. The van der Waals surface area contributed by atoms with Gasteiger partial charge < -0.3 is 16.8 Å². The Hall–Kier alpha value is -1.71. The number of anilines is 2. The first-order valence-electron chi connectivity index (χ1n) is 4.48. The van der Waals surface area contributed by atoms with Gasteiger partial charge in [-0.1, -0.05) is 6.07 Å². The maximum absolute atomic E-state index is 10.5. The van der Waals surface area contributed by atoms with Gasteiger partial charge in [-0.2, -0.15) is 0 Å². The van der Waals surface area contributed by atoms with Crippen molar-refractivity contribution < 1.29 is 4.79 Å². The average molecular weight is 193 g/mol. The summed E-state index contributed by atoms with van der Waals surface area (Å²) in [5.41, 5.74) is 13.4. The lowest BCUT2D eigenvalue weighted by Crippen LogP contribution is -2.16. The molecule has 0 bridgehead atoms. The van der Waals surface area contributed by atoms with Gasteiger partial charge in [0.05, 0.1) is 11.4 Å². The van der Waals surface area contributed by atoms with Gasteiger partial charge in [0.2, 0.25) is 5.91 Å². The largest absolute Gasteiger partial charge is 0.397 e. The van der Waals surface area contributed by atoms with E-state index in [4.69, 9.17) is 11.5 Å². The highest BCUT2D eigenvalue weighted by molar-refractivity contribution is 5.75. The fourth-order valence-corrected chi connectivity index (χ4v) is 1.14. The van der Waals surface area contributed by atoms with Crippen LogP contribution in [-0.2, 0) is 4.79 Å². The van der Waals surface area contributed by atoms with Crippen molar-refractivity contribution in [1.82, 2.24) is 0 Å². The van der Waals surface area contributed by atoms with Gasteiger partial charge >= 0.3 is 0 Å². The lowest BCUT2D eigenvalue weighted by Gasteiger charge is -2.08. The lowest BCUT2D eigenvalue weighted by atomic mass is 10.2. The molecule has 0 spiro atoms. The normalized spacial score (nSPS) is 9.79. The first-order valence-corrected chi connectivity index (χ1v) is 4.48. The topological polar surface area (TPSA) is 81.1 Å². The van der Waals surface area contributed by atoms with E-state index < -0.39 is 0 Å². The zero-order valence-electron chi connectivity index (χ0n) is 8.21. The summed E-state index contributed by atoms with van der Waals surface area (Å²) in [5, 5.41) is 3.06. The molecule has 0 fully saturated rings. The molecule has 1 rings (SSSR count). The van der Waals surface area contributed by atoms with E-state index in [9.17, 15) is 4.79 Å². The van der Waals surface area contributed by atoms with E-state index in [1.54, 1.807) is 0 Å². The molecular weight excluding hydrogens is 178 g/mol. The molecule has 0 aromatic heterocycles. The van der Waals surface area contributed by atoms with Gasteiger partial charge in [0.1, 0.15) is 0 Å². The predicted molar refractivity (Wildman–Crippen MR) is 57.9 cm³/mol. The van der Waals surface area contributed by atoms with E-state index in [1.807, 2.05) is 25.1 Å². The third-order valence-corrected chi connectivity index (χ3v) is 1.90. The average Bonchev–Trinajstić information content (AvgIpc) is 2.10. The Labute approximate surface area is 83.3 Å². The molecule has 0 saturated heterocycles. The smallest absolute Gasteiger partial charge is 0.219 e. The molecule has 0 atom stereocenters. The van der Waals surface area contributed by atoms with Crippen molar-refractivity contribution in [3.05, 3.63) is 23.8 Å². The molecule has 0 aliphatic rings. The number of rotatable bonds is 4. The first kappa shape index (κ1) is 10.4. The minimum absolute atomic E-state index is 0.313. The van der Waals surface area contributed by atoms with Crippen molar-refractivity contribution in [3.63, 3.8) is 0 Å². The molecule has 1 amide bonds. The third-order valence-electron chi connectivity index (χ3n) is 1.90. The monoisotopic (exact) mass is 193 g/mol. The number of carbonyl (C=O) groups is 1. The zero-order chi connectivity index (χ0) is 10.6. The van der Waals surface area contributed by atoms with E-state index in [-0.39, 0.29) is 5.91 Å². The van der Waals surface area contributed by atoms with Crippen LogP contribution in [0.4, 0.5) is 11.4 Å². The number of aryl methyl sites for hydroxylation is 1. The Morgan fingerprint density at radius 2 is 2.21 bits per heavy atom. The van der Waals surface area contributed by atoms with Crippen molar-refractivity contribution in [2.24, 2.45) is 5.73 Å². The second-order valence-electron chi connectivity index (χ2n) is 3.23. The van der Waals surface area contributed by atoms with Crippen molar-refractivity contribution >= 4 is 17.3 Å². The summed E-state index contributed by atoms with van der Waals surface area (Å²) in [4.78, 5) is 10.5. The molecule has 0 radical (unpaired) electrons. The van der Waals surface area contributed by atoms with E-state index >= 15 is 0 Å². The number of nitrogens with one attached hydrogen (secondary N) is 1. The molecule has 1 aromatic carbocycles. The maximum Gasteiger partial charge on any atom is 0.219 e. The third kappa shape index (κ3) is 2.97. The van der Waals surface area contributed by atoms with Crippen LogP contribution in [-0.4, -0.2) is 12.5 Å². The van der Waals surface area contributed by atoms with Gasteiger partial charge in [-0.3, -0.25) is 4.79 Å². The molecule has 76 valence electrons. The van der Waals surface area contributed by atoms with Gasteiger partial charge in [-0.15, -0.1) is 0 Å². The highest BCUT2D eigenvalue weighted by atomic mass is 16.1. The van der Waals surface area contributed by atoms with Crippen LogP contribution < -0.4 is 16.8 Å². The number of carbonyl (C=O) groups excluding carboxylic acids is 1. The molecule has 0 aliphatic carbocycles. The number of primary amides is 1. The van der Waals surface area contributed by atoms with Crippen LogP contribution in [0, 0.1) is 6.92 Å². The van der Waals surface area contributed by atoms with E-state index in [1.165, 1.54) is 0 Å². The number of hydrogen-bond acceptors (Lipinski definition) is 3. The standard InChI is InChI=1S/C10H15N3O/c1-7-2-3-8(11)9(6-7)13-5-4-10(12)14/h2-3,6,13H,4-5,11H2,1H3,(H2,12,14). The van der Waals surface area contributed by atoms with Crippen LogP contribution in [0.2, 0.25) is 0 Å². The zero-order valence-corrected chi connectivity index (χ0v) is 8.21. The highest BCUT2D eigenvalue weighted by Crippen LogP contribution is 2.19. The fraction of sp³-hybridized carbons (Fsp3) is 0.300. The van der Waals surface area contributed by atoms with E-state index in [0.717, 1.165) is 11.3 Å². The van der Waals surface area contributed by atoms with Gasteiger partial charge in [0.15, 0.2) is 0 Å². The van der Waals surface area contributed by atoms with Crippen molar-refractivity contribution in [1.29, 1.82) is 0 Å². The molecule has 1 aromatic rings. The summed E-state index contributed by atoms with van der Waals surface area (Å²) < 4.78 is 0. The number of amides is 1. The second kappa shape index (κ2) is 4.50. The lowest BCUT2D eigenvalue weighted by molar-refractivity contribution is -0.117. The Morgan fingerprint density at radius 1 is 1.50 bits per heavy atom. The van der Waals surface area contributed by atoms with Crippen LogP contribution in [0.3, 0.4) is 0 Å². The SMILES string of the molecule is Cc1ccc(N)c(NCCC(N)=O)c1. The second-order valence-corrected chi connectivity index (χ2v) is 3.23. The Kier molecular flexibility index (Phi) is 3.34. The highest BCUT2D eigenvalue weighted by Gasteiger charge is 1.99. The summed E-state index contributed by atoms with van der Waals surface area (Å²) in [6.07, 6.45) is 0.313. The number of nitrogens with two attached hydrogens (primary N) is 2. The molecule has 0 aliphatic heterocycles. The van der Waals surface area contributed by atoms with Crippen LogP contribution in [0.25, 0.3) is 0 Å². The van der Waals surface area contributed by atoms with Gasteiger partial charge in [-0.25, -0.2) is 0 Å². The molecule has 5 N–H and O–H groups in total. The molecular formula is C10H15N3O. The van der Waals surface area contributed by atoms with Crippen molar-refractivity contribution in [2.45, 2.75) is 13.3 Å². The summed E-state index contributed by atoms with van der Waals surface area (Å²) in [6, 6.07) is 5.72. The first-order chi connectivity index (χ1) is 6.59. The van der Waals surface area contributed by atoms with Crippen LogP contribution in [0.15, 0.2) is 18.2 Å². The number of hydrogen-bond donors (Lipinski definition) is 3. The quantitative estimate of drug-likeness (QED) is 0.620. The van der Waals surface area contributed by atoms with Crippen molar-refractivity contribution in [3.8, 4) is 0 Å². The molecule has 14 heavy (non-hydrogen) atoms. The summed E-state index contributed by atoms with van der Waals surface area (Å²) in [7, 11) is 0. The molecule has 4 nitrogen and oxygen atoms in total.